The lowest BCUT2D eigenvalue weighted by Crippen LogP contribution is -2.53. The highest BCUT2D eigenvalue weighted by Crippen LogP contribution is 2.17. The topological polar surface area (TPSA) is 166 Å². The predicted molar refractivity (Wildman–Crippen MR) is 155 cm³/mol. The highest BCUT2D eigenvalue weighted by molar-refractivity contribution is 5.89. The van der Waals surface area contributed by atoms with E-state index in [1.165, 1.54) is 0 Å². The smallest absolute Gasteiger partial charge is 0.408 e. The third-order valence-corrected chi connectivity index (χ3v) is 6.43. The lowest BCUT2D eigenvalue weighted by molar-refractivity contribution is -0.129. The molecule has 0 unspecified atom stereocenters. The highest BCUT2D eigenvalue weighted by atomic mass is 16.6. The summed E-state index contributed by atoms with van der Waals surface area (Å²) in [4.78, 5) is 50.4. The second kappa shape index (κ2) is 18.1. The van der Waals surface area contributed by atoms with Crippen molar-refractivity contribution in [2.24, 2.45) is 17.8 Å². The number of rotatable bonds is 17. The molecule has 0 radical (unpaired) electrons. The van der Waals surface area contributed by atoms with E-state index in [1.54, 1.807) is 41.5 Å². The lowest BCUT2D eigenvalue weighted by atomic mass is 9.92. The minimum atomic E-state index is -0.999. The maximum absolute atomic E-state index is 12.8. The fourth-order valence-electron chi connectivity index (χ4n) is 4.24. The molecule has 0 bridgehead atoms. The summed E-state index contributed by atoms with van der Waals surface area (Å²) in [6.07, 6.45) is 0.208. The van der Waals surface area contributed by atoms with E-state index in [4.69, 9.17) is 4.74 Å². The third kappa shape index (κ3) is 15.4. The van der Waals surface area contributed by atoms with Gasteiger partial charge in [0.1, 0.15) is 11.6 Å². The first kappa shape index (κ1) is 37.6. The second-order valence-corrected chi connectivity index (χ2v) is 12.5. The largest absolute Gasteiger partial charge is 0.444 e. The maximum atomic E-state index is 12.8. The van der Waals surface area contributed by atoms with Gasteiger partial charge in [-0.05, 0) is 58.3 Å². The van der Waals surface area contributed by atoms with E-state index in [-0.39, 0.29) is 36.8 Å². The number of hydrogen-bond donors (Lipinski definition) is 6. The quantitative estimate of drug-likeness (QED) is 0.156. The van der Waals surface area contributed by atoms with Crippen molar-refractivity contribution in [2.75, 3.05) is 6.54 Å². The molecule has 4 amide bonds. The molecule has 11 heteroatoms. The molecule has 11 nitrogen and oxygen atoms in total. The molecule has 6 N–H and O–H groups in total. The van der Waals surface area contributed by atoms with Crippen molar-refractivity contribution in [3.63, 3.8) is 0 Å². The first-order valence-corrected chi connectivity index (χ1v) is 14.6. The minimum Gasteiger partial charge on any atom is -0.444 e. The van der Waals surface area contributed by atoms with Crippen LogP contribution >= 0.6 is 0 Å². The summed E-state index contributed by atoms with van der Waals surface area (Å²) in [5.74, 6) is -1.94. The van der Waals surface area contributed by atoms with Crippen LogP contribution in [0.3, 0.4) is 0 Å². The molecule has 0 saturated heterocycles. The van der Waals surface area contributed by atoms with Crippen molar-refractivity contribution in [1.82, 2.24) is 21.3 Å². The van der Waals surface area contributed by atoms with E-state index in [0.717, 1.165) is 6.42 Å². The number of carbonyl (C=O) groups is 4. The summed E-state index contributed by atoms with van der Waals surface area (Å²) in [5, 5.41) is 32.0. The Kier molecular flexibility index (Phi) is 17.0. The molecule has 0 heterocycles. The zero-order valence-corrected chi connectivity index (χ0v) is 26.3. The van der Waals surface area contributed by atoms with Crippen molar-refractivity contribution in [3.8, 4) is 0 Å². The van der Waals surface area contributed by atoms with Crippen LogP contribution in [0.2, 0.25) is 0 Å². The molecule has 0 aromatic carbocycles. The Labute approximate surface area is 241 Å². The van der Waals surface area contributed by atoms with Gasteiger partial charge >= 0.3 is 6.09 Å². The van der Waals surface area contributed by atoms with Gasteiger partial charge in [-0.2, -0.15) is 0 Å². The number of aliphatic hydroxyl groups is 2. The van der Waals surface area contributed by atoms with Gasteiger partial charge in [0.15, 0.2) is 0 Å². The van der Waals surface area contributed by atoms with Gasteiger partial charge < -0.3 is 36.2 Å². The molecule has 0 aliphatic carbocycles. The van der Waals surface area contributed by atoms with E-state index < -0.39 is 53.7 Å². The summed E-state index contributed by atoms with van der Waals surface area (Å²) < 4.78 is 5.23. The first-order valence-electron chi connectivity index (χ1n) is 14.6. The zero-order chi connectivity index (χ0) is 31.2. The zero-order valence-electron chi connectivity index (χ0n) is 26.3. The van der Waals surface area contributed by atoms with Crippen LogP contribution in [0.1, 0.15) is 101 Å². The van der Waals surface area contributed by atoms with Gasteiger partial charge in [0, 0.05) is 5.92 Å². The molecule has 0 aromatic heterocycles. The van der Waals surface area contributed by atoms with E-state index in [1.807, 2.05) is 27.7 Å². The Bertz CT molecular complexity index is 798. The molecule has 0 rings (SSSR count). The SMILES string of the molecule is CCC[C@H](NC(=O)[C@H](C)C[C@H](O)[C@H](CC(C)C)NC(=O)CNC(=O)[C@@H](NC(=O)OC(C)(C)C)C(C)C)[C@@H](O)CC. The number of nitrogens with one attached hydrogen (secondary N) is 4. The summed E-state index contributed by atoms with van der Waals surface area (Å²) in [5.41, 5.74) is -0.722. The van der Waals surface area contributed by atoms with Crippen LogP contribution in [-0.4, -0.2) is 76.5 Å². The number of hydrogen-bond acceptors (Lipinski definition) is 7. The Balaban J connectivity index is 5.16. The fraction of sp³-hybridized carbons (Fsp3) is 0.862. The van der Waals surface area contributed by atoms with Crippen LogP contribution in [0, 0.1) is 17.8 Å². The van der Waals surface area contributed by atoms with Crippen LogP contribution in [0.15, 0.2) is 0 Å². The normalized spacial score (nSPS) is 16.4. The average molecular weight is 573 g/mol. The van der Waals surface area contributed by atoms with E-state index in [2.05, 4.69) is 21.3 Å². The van der Waals surface area contributed by atoms with Crippen molar-refractivity contribution in [1.29, 1.82) is 0 Å². The number of ether oxygens (including phenoxy) is 1. The summed E-state index contributed by atoms with van der Waals surface area (Å²) >= 11 is 0. The maximum Gasteiger partial charge on any atom is 0.408 e. The Morgan fingerprint density at radius 3 is 1.88 bits per heavy atom. The van der Waals surface area contributed by atoms with Crippen molar-refractivity contribution in [3.05, 3.63) is 0 Å². The molecule has 0 saturated carbocycles. The molecule has 0 spiro atoms. The Morgan fingerprint density at radius 1 is 0.800 bits per heavy atom. The van der Waals surface area contributed by atoms with Crippen LogP contribution in [0.4, 0.5) is 4.79 Å². The lowest BCUT2D eigenvalue weighted by Gasteiger charge is -2.29. The Morgan fingerprint density at radius 2 is 1.40 bits per heavy atom. The van der Waals surface area contributed by atoms with Crippen molar-refractivity contribution < 1.29 is 34.1 Å². The average Bonchev–Trinajstić information content (AvgIpc) is 2.82. The van der Waals surface area contributed by atoms with E-state index >= 15 is 0 Å². The predicted octanol–water partition coefficient (Wildman–Crippen LogP) is 2.63. The van der Waals surface area contributed by atoms with Crippen LogP contribution < -0.4 is 21.3 Å². The molecular formula is C29H56N4O7. The van der Waals surface area contributed by atoms with Crippen LogP contribution in [-0.2, 0) is 19.1 Å². The summed E-state index contributed by atoms with van der Waals surface area (Å²) in [6, 6.07) is -1.88. The molecule has 6 atom stereocenters. The Hall–Kier alpha value is -2.40. The van der Waals surface area contributed by atoms with Gasteiger partial charge in [0.05, 0.1) is 30.8 Å². The molecular weight excluding hydrogens is 516 g/mol. The number of carbonyl (C=O) groups excluding carboxylic acids is 4. The van der Waals surface area contributed by atoms with Gasteiger partial charge in [-0.15, -0.1) is 0 Å². The van der Waals surface area contributed by atoms with Crippen LogP contribution in [0.5, 0.6) is 0 Å². The van der Waals surface area contributed by atoms with Gasteiger partial charge in [0.2, 0.25) is 17.7 Å². The fourth-order valence-corrected chi connectivity index (χ4v) is 4.24. The molecule has 234 valence electrons. The van der Waals surface area contributed by atoms with Gasteiger partial charge in [0.25, 0.3) is 0 Å². The number of aliphatic hydroxyl groups excluding tert-OH is 2. The second-order valence-electron chi connectivity index (χ2n) is 12.5. The monoisotopic (exact) mass is 572 g/mol. The molecule has 0 aliphatic rings. The molecule has 0 aromatic rings. The minimum absolute atomic E-state index is 0.117. The van der Waals surface area contributed by atoms with Gasteiger partial charge in [-0.1, -0.05) is 54.9 Å². The molecule has 0 fully saturated rings. The molecule has 40 heavy (non-hydrogen) atoms. The third-order valence-electron chi connectivity index (χ3n) is 6.43. The van der Waals surface area contributed by atoms with Gasteiger partial charge in [-0.25, -0.2) is 4.79 Å². The van der Waals surface area contributed by atoms with Crippen molar-refractivity contribution in [2.45, 2.75) is 137 Å². The van der Waals surface area contributed by atoms with Crippen molar-refractivity contribution >= 4 is 23.8 Å². The van der Waals surface area contributed by atoms with E-state index in [9.17, 15) is 29.4 Å². The summed E-state index contributed by atoms with van der Waals surface area (Å²) in [6.45, 7) is 17.8. The van der Waals surface area contributed by atoms with E-state index in [0.29, 0.717) is 19.3 Å². The summed E-state index contributed by atoms with van der Waals surface area (Å²) in [7, 11) is 0. The van der Waals surface area contributed by atoms with Gasteiger partial charge in [-0.3, -0.25) is 14.4 Å². The first-order chi connectivity index (χ1) is 18.4. The standard InChI is InChI=1S/C29H56N4O7/c1-11-13-20(22(34)12-2)32-26(37)19(7)15-23(35)21(14-17(3)4)31-24(36)16-30-27(38)25(18(5)6)33-28(39)40-29(8,9)10/h17-23,25,34-35H,11-16H2,1-10H3,(H,30,38)(H,31,36)(H,32,37)(H,33,39)/t19-,20+,21+,22+,23+,25+/m1/s1. The molecule has 0 aliphatic heterocycles. The highest BCUT2D eigenvalue weighted by Gasteiger charge is 2.30. The number of amides is 4. The number of alkyl carbamates (subject to hydrolysis) is 1. The van der Waals surface area contributed by atoms with Crippen LogP contribution in [0.25, 0.3) is 0 Å².